The van der Waals surface area contributed by atoms with Crippen LogP contribution in [0.5, 0.6) is 0 Å². The molecule has 1 aromatic rings. The van der Waals surface area contributed by atoms with E-state index >= 15 is 0 Å². The van der Waals surface area contributed by atoms with Crippen LogP contribution >= 0.6 is 0 Å². The van der Waals surface area contributed by atoms with Crippen molar-refractivity contribution in [1.29, 1.82) is 0 Å². The first-order valence-electron chi connectivity index (χ1n) is 6.37. The minimum absolute atomic E-state index is 0.217. The van der Waals surface area contributed by atoms with Crippen LogP contribution < -0.4 is 0 Å². The second kappa shape index (κ2) is 7.23. The Morgan fingerprint density at radius 2 is 1.94 bits per heavy atom. The number of carbonyl (C=O) groups excluding carboxylic acids is 1. The molecule has 3 unspecified atom stereocenters. The molecule has 0 saturated heterocycles. The zero-order valence-corrected chi connectivity index (χ0v) is 10.7. The maximum absolute atomic E-state index is 10.9. The van der Waals surface area contributed by atoms with Gasteiger partial charge in [-0.3, -0.25) is 0 Å². The molecule has 0 aromatic heterocycles. The summed E-state index contributed by atoms with van der Waals surface area (Å²) in [7, 11) is 0. The molecule has 0 fully saturated rings. The van der Waals surface area contributed by atoms with Crippen LogP contribution in [0.4, 0.5) is 0 Å². The second-order valence-corrected chi connectivity index (χ2v) is 4.70. The summed E-state index contributed by atoms with van der Waals surface area (Å²) in [4.78, 5) is 10.9. The molecule has 0 spiro atoms. The van der Waals surface area contributed by atoms with Gasteiger partial charge in [-0.1, -0.05) is 50.6 Å². The van der Waals surface area contributed by atoms with Gasteiger partial charge in [-0.25, -0.2) is 0 Å². The van der Waals surface area contributed by atoms with Gasteiger partial charge in [0.25, 0.3) is 0 Å². The Morgan fingerprint density at radius 1 is 1.29 bits per heavy atom. The summed E-state index contributed by atoms with van der Waals surface area (Å²) >= 11 is 0. The number of aldehydes is 1. The van der Waals surface area contributed by atoms with E-state index < -0.39 is 6.10 Å². The normalized spacial score (nSPS) is 16.2. The number of hydrogen-bond acceptors (Lipinski definition) is 2. The van der Waals surface area contributed by atoms with E-state index in [0.29, 0.717) is 6.42 Å². The highest BCUT2D eigenvalue weighted by Gasteiger charge is 2.20. The first kappa shape index (κ1) is 13.9. The van der Waals surface area contributed by atoms with Gasteiger partial charge in [-0.15, -0.1) is 0 Å². The van der Waals surface area contributed by atoms with Crippen LogP contribution in [0.1, 0.15) is 44.6 Å². The number of benzene rings is 1. The van der Waals surface area contributed by atoms with Crippen molar-refractivity contribution in [2.24, 2.45) is 5.92 Å². The Hall–Kier alpha value is -1.15. The highest BCUT2D eigenvalue weighted by atomic mass is 16.3. The van der Waals surface area contributed by atoms with Gasteiger partial charge in [-0.2, -0.15) is 0 Å². The average Bonchev–Trinajstić information content (AvgIpc) is 2.36. The maximum Gasteiger partial charge on any atom is 0.125 e. The van der Waals surface area contributed by atoms with Crippen molar-refractivity contribution >= 4 is 6.29 Å². The molecule has 0 amide bonds. The molecular weight excluding hydrogens is 212 g/mol. The number of rotatable bonds is 7. The van der Waals surface area contributed by atoms with Crippen molar-refractivity contribution in [2.45, 2.75) is 45.1 Å². The van der Waals surface area contributed by atoms with Gasteiger partial charge in [0.1, 0.15) is 6.29 Å². The Morgan fingerprint density at radius 3 is 2.47 bits per heavy atom. The largest absolute Gasteiger partial charge is 0.392 e. The first-order chi connectivity index (χ1) is 8.19. The van der Waals surface area contributed by atoms with E-state index in [9.17, 15) is 9.90 Å². The lowest BCUT2D eigenvalue weighted by molar-refractivity contribution is -0.114. The molecule has 0 aliphatic heterocycles. The van der Waals surface area contributed by atoms with Crippen LogP contribution in [-0.2, 0) is 4.79 Å². The molecule has 1 rings (SSSR count). The Kier molecular flexibility index (Phi) is 5.92. The number of carbonyl (C=O) groups is 1. The zero-order valence-electron chi connectivity index (χ0n) is 10.7. The molecule has 1 aromatic carbocycles. The predicted molar refractivity (Wildman–Crippen MR) is 69.9 cm³/mol. The van der Waals surface area contributed by atoms with Crippen molar-refractivity contribution in [2.75, 3.05) is 0 Å². The molecule has 0 heterocycles. The lowest BCUT2D eigenvalue weighted by Gasteiger charge is -2.21. The smallest absolute Gasteiger partial charge is 0.125 e. The van der Waals surface area contributed by atoms with Gasteiger partial charge in [0.2, 0.25) is 0 Å². The minimum Gasteiger partial charge on any atom is -0.392 e. The van der Waals surface area contributed by atoms with Crippen LogP contribution in [0.25, 0.3) is 0 Å². The van der Waals surface area contributed by atoms with Crippen LogP contribution in [0.15, 0.2) is 30.3 Å². The lowest BCUT2D eigenvalue weighted by atomic mass is 9.88. The van der Waals surface area contributed by atoms with E-state index in [1.807, 2.05) is 25.1 Å². The summed E-state index contributed by atoms with van der Waals surface area (Å²) in [5.41, 5.74) is 1.22. The molecule has 2 nitrogen and oxygen atoms in total. The third-order valence-electron chi connectivity index (χ3n) is 3.25. The van der Waals surface area contributed by atoms with Gasteiger partial charge in [0, 0.05) is 5.92 Å². The van der Waals surface area contributed by atoms with Crippen molar-refractivity contribution in [3.8, 4) is 0 Å². The summed E-state index contributed by atoms with van der Waals surface area (Å²) in [6, 6.07) is 10.1. The number of hydrogen-bond donors (Lipinski definition) is 1. The standard InChI is InChI=1S/C15H22O2/c1-3-7-14(11-16)15(17)10-12(2)13-8-5-4-6-9-13/h4-6,8-9,11-12,14-15,17H,3,7,10H2,1-2H3. The monoisotopic (exact) mass is 234 g/mol. The minimum atomic E-state index is -0.525. The molecule has 0 aliphatic carbocycles. The van der Waals surface area contributed by atoms with Crippen LogP contribution in [0.3, 0.4) is 0 Å². The zero-order chi connectivity index (χ0) is 12.7. The predicted octanol–water partition coefficient (Wildman–Crippen LogP) is 3.16. The van der Waals surface area contributed by atoms with Gasteiger partial charge in [-0.05, 0) is 24.3 Å². The topological polar surface area (TPSA) is 37.3 Å². The fraction of sp³-hybridized carbons (Fsp3) is 0.533. The molecule has 0 bridgehead atoms. The molecule has 2 heteroatoms. The summed E-state index contributed by atoms with van der Waals surface area (Å²) in [5.74, 6) is 0.0664. The Bertz CT molecular complexity index is 321. The molecule has 17 heavy (non-hydrogen) atoms. The molecule has 0 radical (unpaired) electrons. The molecule has 3 atom stereocenters. The lowest BCUT2D eigenvalue weighted by Crippen LogP contribution is -2.23. The van der Waals surface area contributed by atoms with Crippen molar-refractivity contribution in [3.05, 3.63) is 35.9 Å². The molecular formula is C15H22O2. The fourth-order valence-electron chi connectivity index (χ4n) is 2.14. The van der Waals surface area contributed by atoms with Gasteiger partial charge < -0.3 is 9.90 Å². The quantitative estimate of drug-likeness (QED) is 0.736. The molecule has 0 saturated carbocycles. The third-order valence-corrected chi connectivity index (χ3v) is 3.25. The van der Waals surface area contributed by atoms with Crippen LogP contribution in [0, 0.1) is 5.92 Å². The molecule has 0 aliphatic rings. The number of aliphatic hydroxyl groups is 1. The van der Waals surface area contributed by atoms with Crippen molar-refractivity contribution in [1.82, 2.24) is 0 Å². The molecule has 94 valence electrons. The van der Waals surface area contributed by atoms with Crippen molar-refractivity contribution < 1.29 is 9.90 Å². The summed E-state index contributed by atoms with van der Waals surface area (Å²) in [5, 5.41) is 10.0. The van der Waals surface area contributed by atoms with Crippen LogP contribution in [0.2, 0.25) is 0 Å². The highest BCUT2D eigenvalue weighted by molar-refractivity contribution is 5.54. The van der Waals surface area contributed by atoms with E-state index in [0.717, 1.165) is 19.1 Å². The number of aliphatic hydroxyl groups excluding tert-OH is 1. The van der Waals surface area contributed by atoms with Gasteiger partial charge in [0.15, 0.2) is 0 Å². The summed E-state index contributed by atoms with van der Waals surface area (Å²) in [6.07, 6.45) is 2.72. The summed E-state index contributed by atoms with van der Waals surface area (Å²) in [6.45, 7) is 4.12. The maximum atomic E-state index is 10.9. The van der Waals surface area contributed by atoms with E-state index in [4.69, 9.17) is 0 Å². The second-order valence-electron chi connectivity index (χ2n) is 4.70. The van der Waals surface area contributed by atoms with E-state index in [1.165, 1.54) is 5.56 Å². The Labute approximate surface area is 104 Å². The van der Waals surface area contributed by atoms with E-state index in [1.54, 1.807) is 0 Å². The Balaban J connectivity index is 2.55. The SMILES string of the molecule is CCCC(C=O)C(O)CC(C)c1ccccc1. The van der Waals surface area contributed by atoms with E-state index in [2.05, 4.69) is 19.1 Å². The van der Waals surface area contributed by atoms with Crippen LogP contribution in [-0.4, -0.2) is 17.5 Å². The van der Waals surface area contributed by atoms with Gasteiger partial charge in [0.05, 0.1) is 6.10 Å². The highest BCUT2D eigenvalue weighted by Crippen LogP contribution is 2.24. The van der Waals surface area contributed by atoms with E-state index in [-0.39, 0.29) is 11.8 Å². The average molecular weight is 234 g/mol. The summed E-state index contributed by atoms with van der Waals surface area (Å²) < 4.78 is 0. The fourth-order valence-corrected chi connectivity index (χ4v) is 2.14. The van der Waals surface area contributed by atoms with Crippen molar-refractivity contribution in [3.63, 3.8) is 0 Å². The first-order valence-corrected chi connectivity index (χ1v) is 6.37. The van der Waals surface area contributed by atoms with Gasteiger partial charge >= 0.3 is 0 Å². The third kappa shape index (κ3) is 4.31. The molecule has 1 N–H and O–H groups in total.